The number of aryl methyl sites for hydroxylation is 1. The molecule has 0 fully saturated rings. The Bertz CT molecular complexity index is 1160. The van der Waals surface area contributed by atoms with Gasteiger partial charge in [-0.2, -0.15) is 9.41 Å². The van der Waals surface area contributed by atoms with Crippen LogP contribution in [0.15, 0.2) is 93.3 Å². The third-order valence-electron chi connectivity index (χ3n) is 4.43. The topological polar surface area (TPSA) is 78.8 Å². The first-order valence-electron chi connectivity index (χ1n) is 9.53. The van der Waals surface area contributed by atoms with Crippen molar-refractivity contribution in [3.63, 3.8) is 0 Å². The van der Waals surface area contributed by atoms with Crippen molar-refractivity contribution in [3.05, 3.63) is 100 Å². The van der Waals surface area contributed by atoms with Gasteiger partial charge in [-0.25, -0.2) is 13.8 Å². The van der Waals surface area contributed by atoms with Gasteiger partial charge in [-0.3, -0.25) is 4.79 Å². The van der Waals surface area contributed by atoms with Gasteiger partial charge in [-0.15, -0.1) is 0 Å². The highest BCUT2D eigenvalue weighted by atomic mass is 79.9. The lowest BCUT2D eigenvalue weighted by molar-refractivity contribution is -0.121. The first-order chi connectivity index (χ1) is 14.8. The molecule has 0 aromatic heterocycles. The fourth-order valence-electron chi connectivity index (χ4n) is 2.83. The lowest BCUT2D eigenvalue weighted by atomic mass is 10.2. The zero-order valence-corrected chi connectivity index (χ0v) is 19.3. The predicted molar refractivity (Wildman–Crippen MR) is 125 cm³/mol. The second kappa shape index (κ2) is 10.5. The number of carbonyl (C=O) groups is 1. The molecule has 3 rings (SSSR count). The predicted octanol–water partition coefficient (Wildman–Crippen LogP) is 4.10. The average molecular weight is 500 g/mol. The van der Waals surface area contributed by atoms with E-state index in [0.717, 1.165) is 25.5 Å². The first-order valence-corrected chi connectivity index (χ1v) is 11.8. The second-order valence-electron chi connectivity index (χ2n) is 6.92. The van der Waals surface area contributed by atoms with Gasteiger partial charge in [0, 0.05) is 11.0 Å². The van der Waals surface area contributed by atoms with E-state index in [1.807, 2.05) is 61.5 Å². The summed E-state index contributed by atoms with van der Waals surface area (Å²) in [6, 6.07) is 23.1. The molecule has 0 bridgehead atoms. The van der Waals surface area contributed by atoms with Crippen molar-refractivity contribution in [2.24, 2.45) is 5.10 Å². The molecule has 0 heterocycles. The molecule has 1 amide bonds. The number of benzene rings is 3. The second-order valence-corrected chi connectivity index (χ2v) is 9.77. The Morgan fingerprint density at radius 2 is 1.74 bits per heavy atom. The number of sulfonamides is 1. The van der Waals surface area contributed by atoms with Crippen LogP contribution in [0.3, 0.4) is 0 Å². The fraction of sp³-hybridized carbons (Fsp3) is 0.130. The van der Waals surface area contributed by atoms with Gasteiger partial charge in [0.05, 0.1) is 17.7 Å². The number of hydrazone groups is 1. The summed E-state index contributed by atoms with van der Waals surface area (Å²) in [5.41, 5.74) is 4.94. The maximum atomic E-state index is 13.2. The lowest BCUT2D eigenvalue weighted by Crippen LogP contribution is -2.39. The molecule has 0 saturated carbocycles. The van der Waals surface area contributed by atoms with Crippen molar-refractivity contribution in [1.82, 2.24) is 9.73 Å². The number of carbonyl (C=O) groups excluding carboxylic acids is 1. The largest absolute Gasteiger partial charge is 0.272 e. The van der Waals surface area contributed by atoms with Crippen molar-refractivity contribution in [2.75, 3.05) is 6.54 Å². The SMILES string of the molecule is Cc1ccc(S(=O)(=O)N(CC(=O)NN=Cc2cccc(Br)c2)Cc2ccccc2)cc1. The molecule has 3 aromatic rings. The Morgan fingerprint density at radius 1 is 1.03 bits per heavy atom. The summed E-state index contributed by atoms with van der Waals surface area (Å²) in [6.07, 6.45) is 1.50. The van der Waals surface area contributed by atoms with E-state index in [1.165, 1.54) is 6.21 Å². The maximum Gasteiger partial charge on any atom is 0.255 e. The molecule has 0 aliphatic rings. The van der Waals surface area contributed by atoms with Crippen LogP contribution < -0.4 is 5.43 Å². The molecule has 8 heteroatoms. The quantitative estimate of drug-likeness (QED) is 0.374. The highest BCUT2D eigenvalue weighted by Gasteiger charge is 2.26. The number of halogens is 1. The molecule has 31 heavy (non-hydrogen) atoms. The molecule has 0 spiro atoms. The minimum atomic E-state index is -3.88. The van der Waals surface area contributed by atoms with Gasteiger partial charge >= 0.3 is 0 Å². The Labute approximate surface area is 190 Å². The van der Waals surface area contributed by atoms with Crippen LogP contribution in [0.4, 0.5) is 0 Å². The molecule has 3 aromatic carbocycles. The monoisotopic (exact) mass is 499 g/mol. The van der Waals surface area contributed by atoms with E-state index in [-0.39, 0.29) is 18.0 Å². The van der Waals surface area contributed by atoms with Gasteiger partial charge < -0.3 is 0 Å². The Morgan fingerprint density at radius 3 is 2.42 bits per heavy atom. The summed E-state index contributed by atoms with van der Waals surface area (Å²) >= 11 is 3.37. The van der Waals surface area contributed by atoms with E-state index in [1.54, 1.807) is 24.3 Å². The molecule has 0 unspecified atom stereocenters. The summed E-state index contributed by atoms with van der Waals surface area (Å²) in [7, 11) is -3.88. The van der Waals surface area contributed by atoms with E-state index < -0.39 is 15.9 Å². The smallest absolute Gasteiger partial charge is 0.255 e. The highest BCUT2D eigenvalue weighted by Crippen LogP contribution is 2.19. The molecule has 160 valence electrons. The van der Waals surface area contributed by atoms with Gasteiger partial charge in [0.25, 0.3) is 5.91 Å². The van der Waals surface area contributed by atoms with E-state index in [2.05, 4.69) is 26.5 Å². The number of nitrogens with one attached hydrogen (secondary N) is 1. The van der Waals surface area contributed by atoms with Crippen LogP contribution in [0.5, 0.6) is 0 Å². The third kappa shape index (κ3) is 6.58. The Kier molecular flexibility index (Phi) is 7.73. The number of nitrogens with zero attached hydrogens (tertiary/aromatic N) is 2. The molecule has 0 aliphatic heterocycles. The van der Waals surface area contributed by atoms with Crippen molar-refractivity contribution < 1.29 is 13.2 Å². The summed E-state index contributed by atoms with van der Waals surface area (Å²) in [4.78, 5) is 12.6. The third-order valence-corrected chi connectivity index (χ3v) is 6.73. The molecule has 0 aliphatic carbocycles. The normalized spacial score (nSPS) is 11.7. The molecule has 0 radical (unpaired) electrons. The van der Waals surface area contributed by atoms with Crippen LogP contribution in [0.1, 0.15) is 16.7 Å². The zero-order valence-electron chi connectivity index (χ0n) is 16.9. The summed E-state index contributed by atoms with van der Waals surface area (Å²) in [5.74, 6) is -0.530. The molecule has 6 nitrogen and oxygen atoms in total. The molecule has 0 saturated heterocycles. The standard InChI is InChI=1S/C23H22BrN3O3S/c1-18-10-12-22(13-11-18)31(29,30)27(16-19-6-3-2-4-7-19)17-23(28)26-25-15-20-8-5-9-21(24)14-20/h2-15H,16-17H2,1H3,(H,26,28). The molecular formula is C23H22BrN3O3S. The Hall–Kier alpha value is -2.81. The van der Waals surface area contributed by atoms with Gasteiger partial charge in [0.1, 0.15) is 0 Å². The van der Waals surface area contributed by atoms with Gasteiger partial charge in [0.2, 0.25) is 10.0 Å². The van der Waals surface area contributed by atoms with Gasteiger partial charge in [-0.1, -0.05) is 76.1 Å². The van der Waals surface area contributed by atoms with E-state index >= 15 is 0 Å². The lowest BCUT2D eigenvalue weighted by Gasteiger charge is -2.21. The van der Waals surface area contributed by atoms with E-state index in [0.29, 0.717) is 0 Å². The van der Waals surface area contributed by atoms with Gasteiger partial charge in [-0.05, 0) is 42.3 Å². The van der Waals surface area contributed by atoms with E-state index in [4.69, 9.17) is 0 Å². The molecule has 0 atom stereocenters. The number of hydrogen-bond donors (Lipinski definition) is 1. The van der Waals surface area contributed by atoms with Crippen LogP contribution >= 0.6 is 15.9 Å². The maximum absolute atomic E-state index is 13.2. The fourth-order valence-corrected chi connectivity index (χ4v) is 4.63. The Balaban J connectivity index is 1.77. The van der Waals surface area contributed by atoms with Crippen molar-refractivity contribution >= 4 is 38.1 Å². The minimum Gasteiger partial charge on any atom is -0.272 e. The van der Waals surface area contributed by atoms with Crippen LogP contribution in [-0.2, 0) is 21.4 Å². The number of rotatable bonds is 8. The van der Waals surface area contributed by atoms with Crippen LogP contribution in [0.25, 0.3) is 0 Å². The average Bonchev–Trinajstić information content (AvgIpc) is 2.74. The van der Waals surface area contributed by atoms with Crippen molar-refractivity contribution in [2.45, 2.75) is 18.4 Å². The van der Waals surface area contributed by atoms with Crippen molar-refractivity contribution in [1.29, 1.82) is 0 Å². The number of hydrogen-bond acceptors (Lipinski definition) is 4. The molecule has 1 N–H and O–H groups in total. The van der Waals surface area contributed by atoms with Gasteiger partial charge in [0.15, 0.2) is 0 Å². The van der Waals surface area contributed by atoms with Crippen molar-refractivity contribution in [3.8, 4) is 0 Å². The first kappa shape index (κ1) is 22.9. The summed E-state index contributed by atoms with van der Waals surface area (Å²) in [5, 5.41) is 3.94. The zero-order chi connectivity index (χ0) is 22.3. The summed E-state index contributed by atoms with van der Waals surface area (Å²) < 4.78 is 28.5. The minimum absolute atomic E-state index is 0.0693. The van der Waals surface area contributed by atoms with Crippen LogP contribution in [0.2, 0.25) is 0 Å². The number of amides is 1. The summed E-state index contributed by atoms with van der Waals surface area (Å²) in [6.45, 7) is 1.59. The van der Waals surface area contributed by atoms with Crippen LogP contribution in [0, 0.1) is 6.92 Å². The molecular weight excluding hydrogens is 478 g/mol. The van der Waals surface area contributed by atoms with Crippen LogP contribution in [-0.4, -0.2) is 31.4 Å². The highest BCUT2D eigenvalue weighted by molar-refractivity contribution is 9.10. The van der Waals surface area contributed by atoms with E-state index in [9.17, 15) is 13.2 Å².